The lowest BCUT2D eigenvalue weighted by atomic mass is 9.95. The van der Waals surface area contributed by atoms with Gasteiger partial charge in [0.25, 0.3) is 11.5 Å². The van der Waals surface area contributed by atoms with Crippen LogP contribution >= 0.6 is 0 Å². The van der Waals surface area contributed by atoms with E-state index in [-0.39, 0.29) is 41.8 Å². The van der Waals surface area contributed by atoms with Crippen molar-refractivity contribution in [2.45, 2.75) is 90.9 Å². The first kappa shape index (κ1) is 24.7. The molecular weight excluding hydrogens is 448 g/mol. The predicted molar refractivity (Wildman–Crippen MR) is 134 cm³/mol. The number of nitrogens with zero attached hydrogens (tertiary/aromatic N) is 4. The summed E-state index contributed by atoms with van der Waals surface area (Å²) < 4.78 is 3.89. The van der Waals surface area contributed by atoms with Gasteiger partial charge >= 0.3 is 5.69 Å². The van der Waals surface area contributed by atoms with E-state index < -0.39 is 5.69 Å². The van der Waals surface area contributed by atoms with E-state index in [1.807, 2.05) is 20.8 Å². The monoisotopic (exact) mass is 482 g/mol. The molecule has 3 aromatic rings. The van der Waals surface area contributed by atoms with Crippen LogP contribution in [-0.4, -0.2) is 42.6 Å². The molecule has 0 spiro atoms. The van der Waals surface area contributed by atoms with Crippen LogP contribution in [0.1, 0.15) is 76.1 Å². The fourth-order valence-electron chi connectivity index (χ4n) is 4.65. The number of carbonyl (C=O) groups is 2. The zero-order valence-corrected chi connectivity index (χ0v) is 20.7. The third kappa shape index (κ3) is 5.01. The Labute approximate surface area is 203 Å². The highest BCUT2D eigenvalue weighted by Crippen LogP contribution is 2.17. The van der Waals surface area contributed by atoms with Gasteiger partial charge in [0.2, 0.25) is 11.7 Å². The van der Waals surface area contributed by atoms with Crippen molar-refractivity contribution in [3.05, 3.63) is 44.6 Å². The Morgan fingerprint density at radius 3 is 2.57 bits per heavy atom. The summed E-state index contributed by atoms with van der Waals surface area (Å²) in [5.74, 6) is -0.386. The minimum absolute atomic E-state index is 0.0103. The summed E-state index contributed by atoms with van der Waals surface area (Å²) in [5, 5.41) is 10.6. The van der Waals surface area contributed by atoms with Crippen molar-refractivity contribution in [2.75, 3.05) is 0 Å². The van der Waals surface area contributed by atoms with Gasteiger partial charge in [0.05, 0.1) is 10.9 Å². The minimum atomic E-state index is -0.520. The minimum Gasteiger partial charge on any atom is -0.352 e. The Kier molecular flexibility index (Phi) is 7.37. The van der Waals surface area contributed by atoms with E-state index in [1.165, 1.54) is 15.4 Å². The second kappa shape index (κ2) is 10.5. The third-order valence-electron chi connectivity index (χ3n) is 6.74. The van der Waals surface area contributed by atoms with Crippen molar-refractivity contribution in [1.82, 2.24) is 29.4 Å². The number of amides is 2. The topological polar surface area (TPSA) is 120 Å². The van der Waals surface area contributed by atoms with Crippen LogP contribution in [-0.2, 0) is 17.9 Å². The van der Waals surface area contributed by atoms with Crippen LogP contribution in [0.3, 0.4) is 0 Å². The average molecular weight is 483 g/mol. The quantitative estimate of drug-likeness (QED) is 0.510. The van der Waals surface area contributed by atoms with Gasteiger partial charge < -0.3 is 10.6 Å². The number of rotatable bonds is 8. The molecule has 0 radical (unpaired) electrons. The Hall–Kier alpha value is -3.43. The number of aromatic nitrogens is 4. The molecule has 10 heteroatoms. The fourth-order valence-corrected chi connectivity index (χ4v) is 4.65. The lowest BCUT2D eigenvalue weighted by molar-refractivity contribution is -0.122. The van der Waals surface area contributed by atoms with Gasteiger partial charge in [0.15, 0.2) is 0 Å². The summed E-state index contributed by atoms with van der Waals surface area (Å²) in [6.45, 7) is 5.96. The van der Waals surface area contributed by atoms with Crippen molar-refractivity contribution in [2.24, 2.45) is 0 Å². The first-order chi connectivity index (χ1) is 16.8. The van der Waals surface area contributed by atoms with E-state index >= 15 is 0 Å². The molecular formula is C25H34N6O4. The zero-order valence-electron chi connectivity index (χ0n) is 20.7. The zero-order chi connectivity index (χ0) is 25.1. The number of hydrogen-bond donors (Lipinski definition) is 2. The van der Waals surface area contributed by atoms with Crippen molar-refractivity contribution >= 4 is 28.5 Å². The smallest absolute Gasteiger partial charge is 0.352 e. The van der Waals surface area contributed by atoms with Crippen LogP contribution in [0, 0.1) is 0 Å². The summed E-state index contributed by atoms with van der Waals surface area (Å²) in [5.41, 5.74) is -0.153. The Bertz CT molecular complexity index is 1360. The summed E-state index contributed by atoms with van der Waals surface area (Å²) in [4.78, 5) is 52.1. The van der Waals surface area contributed by atoms with Crippen molar-refractivity contribution in [1.29, 1.82) is 0 Å². The van der Waals surface area contributed by atoms with Crippen molar-refractivity contribution < 1.29 is 9.59 Å². The van der Waals surface area contributed by atoms with Gasteiger partial charge in [0, 0.05) is 24.2 Å². The Balaban J connectivity index is 1.79. The molecule has 35 heavy (non-hydrogen) atoms. The van der Waals surface area contributed by atoms with E-state index in [1.54, 1.807) is 18.2 Å². The highest BCUT2D eigenvalue weighted by atomic mass is 16.2. The van der Waals surface area contributed by atoms with Crippen LogP contribution in [0.2, 0.25) is 0 Å². The van der Waals surface area contributed by atoms with Crippen molar-refractivity contribution in [3.8, 4) is 0 Å². The number of carbonyl (C=O) groups excluding carboxylic acids is 2. The molecule has 1 aliphatic rings. The lowest BCUT2D eigenvalue weighted by Gasteiger charge is -2.22. The van der Waals surface area contributed by atoms with E-state index in [2.05, 4.69) is 15.7 Å². The van der Waals surface area contributed by atoms with E-state index in [9.17, 15) is 19.2 Å². The van der Waals surface area contributed by atoms with Gasteiger partial charge in [-0.3, -0.25) is 19.0 Å². The van der Waals surface area contributed by atoms with Gasteiger partial charge in [-0.15, -0.1) is 5.10 Å². The number of benzene rings is 1. The fraction of sp³-hybridized carbons (Fsp3) is 0.560. The normalized spacial score (nSPS) is 15.4. The van der Waals surface area contributed by atoms with Crippen molar-refractivity contribution in [3.63, 3.8) is 0 Å². The molecule has 2 N–H and O–H groups in total. The summed E-state index contributed by atoms with van der Waals surface area (Å²) in [7, 11) is 0. The van der Waals surface area contributed by atoms with Crippen LogP contribution in [0.4, 0.5) is 0 Å². The van der Waals surface area contributed by atoms with Gasteiger partial charge in [-0.25, -0.2) is 13.9 Å². The first-order valence-corrected chi connectivity index (χ1v) is 12.6. The highest BCUT2D eigenvalue weighted by molar-refractivity contribution is 5.98. The standard InChI is InChI=1S/C25H34N6O4/c1-4-13-29-23(34)19-12-11-17(22(33)26-16(3)5-2)14-20(19)31-24(29)28-30(25(31)35)15-21(32)27-18-9-7-6-8-10-18/h11-12,14,16,18H,4-10,13,15H2,1-3H3,(H,26,33)(H,27,32). The molecule has 1 fully saturated rings. The molecule has 188 valence electrons. The second-order valence-electron chi connectivity index (χ2n) is 9.45. The molecule has 2 heterocycles. The lowest BCUT2D eigenvalue weighted by Crippen LogP contribution is -2.40. The van der Waals surface area contributed by atoms with E-state index in [0.717, 1.165) is 36.8 Å². The Morgan fingerprint density at radius 1 is 1.14 bits per heavy atom. The molecule has 1 saturated carbocycles. The molecule has 1 aromatic carbocycles. The molecule has 1 aliphatic carbocycles. The van der Waals surface area contributed by atoms with Gasteiger partial charge in [-0.05, 0) is 50.8 Å². The van der Waals surface area contributed by atoms with Gasteiger partial charge in [0.1, 0.15) is 6.54 Å². The molecule has 4 rings (SSSR count). The SMILES string of the molecule is CCCn1c(=O)c2ccc(C(=O)NC(C)CC)cc2n2c(=O)n(CC(=O)NC3CCCCC3)nc12. The van der Waals surface area contributed by atoms with Crippen LogP contribution in [0.25, 0.3) is 16.7 Å². The highest BCUT2D eigenvalue weighted by Gasteiger charge is 2.21. The molecule has 2 amide bonds. The maximum Gasteiger partial charge on any atom is 0.352 e. The third-order valence-corrected chi connectivity index (χ3v) is 6.74. The Morgan fingerprint density at radius 2 is 1.89 bits per heavy atom. The number of fused-ring (bicyclic) bond motifs is 3. The molecule has 0 bridgehead atoms. The first-order valence-electron chi connectivity index (χ1n) is 12.6. The number of aryl methyl sites for hydroxylation is 1. The molecule has 0 saturated heterocycles. The second-order valence-corrected chi connectivity index (χ2v) is 9.45. The number of hydrogen-bond acceptors (Lipinski definition) is 5. The van der Waals surface area contributed by atoms with E-state index in [0.29, 0.717) is 29.4 Å². The maximum atomic E-state index is 13.4. The van der Waals surface area contributed by atoms with Crippen LogP contribution in [0.15, 0.2) is 27.8 Å². The van der Waals surface area contributed by atoms with Crippen LogP contribution < -0.4 is 21.9 Å². The van der Waals surface area contributed by atoms with Gasteiger partial charge in [-0.2, -0.15) is 0 Å². The summed E-state index contributed by atoms with van der Waals surface area (Å²) in [6.07, 6.45) is 6.67. The number of nitrogens with one attached hydrogen (secondary N) is 2. The largest absolute Gasteiger partial charge is 0.352 e. The molecule has 1 unspecified atom stereocenters. The average Bonchev–Trinajstić information content (AvgIpc) is 3.17. The summed E-state index contributed by atoms with van der Waals surface area (Å²) in [6, 6.07) is 4.83. The maximum absolute atomic E-state index is 13.4. The van der Waals surface area contributed by atoms with E-state index in [4.69, 9.17) is 0 Å². The summed E-state index contributed by atoms with van der Waals surface area (Å²) >= 11 is 0. The molecule has 10 nitrogen and oxygen atoms in total. The predicted octanol–water partition coefficient (Wildman–Crippen LogP) is 2.20. The molecule has 1 atom stereocenters. The molecule has 0 aliphatic heterocycles. The molecule has 2 aromatic heterocycles. The van der Waals surface area contributed by atoms with Crippen LogP contribution in [0.5, 0.6) is 0 Å². The van der Waals surface area contributed by atoms with Gasteiger partial charge in [-0.1, -0.05) is 33.1 Å².